The second-order valence-electron chi connectivity index (χ2n) is 4.27. The van der Waals surface area contributed by atoms with Gasteiger partial charge in [-0.25, -0.2) is 0 Å². The molecule has 0 amide bonds. The Hall–Kier alpha value is -1.33. The number of non-ortho nitro benzene ring substituents is 1. The molecular formula is C12H17ClN2O3. The third-order valence-electron chi connectivity index (χ3n) is 2.93. The first-order chi connectivity index (χ1) is 8.25. The van der Waals surface area contributed by atoms with Gasteiger partial charge in [-0.05, 0) is 31.5 Å². The summed E-state index contributed by atoms with van der Waals surface area (Å²) >= 11 is 0. The van der Waals surface area contributed by atoms with Crippen LogP contribution < -0.4 is 10.1 Å². The van der Waals surface area contributed by atoms with Crippen molar-refractivity contribution in [3.63, 3.8) is 0 Å². The van der Waals surface area contributed by atoms with Gasteiger partial charge in [0.2, 0.25) is 0 Å². The summed E-state index contributed by atoms with van der Waals surface area (Å²) in [5.41, 5.74) is 0.0942. The number of rotatable bonds is 4. The summed E-state index contributed by atoms with van der Waals surface area (Å²) in [5, 5.41) is 13.8. The number of benzene rings is 1. The summed E-state index contributed by atoms with van der Waals surface area (Å²) < 4.78 is 5.62. The van der Waals surface area contributed by atoms with Crippen molar-refractivity contribution in [1.82, 2.24) is 5.32 Å². The van der Waals surface area contributed by atoms with Crippen molar-refractivity contribution in [2.45, 2.75) is 12.8 Å². The lowest BCUT2D eigenvalue weighted by Crippen LogP contribution is -2.33. The molecule has 18 heavy (non-hydrogen) atoms. The minimum absolute atomic E-state index is 0. The number of nitro benzene ring substituents is 1. The Bertz CT molecular complexity index is 377. The van der Waals surface area contributed by atoms with Gasteiger partial charge in [0, 0.05) is 24.6 Å². The summed E-state index contributed by atoms with van der Waals surface area (Å²) in [6.07, 6.45) is 2.37. The summed E-state index contributed by atoms with van der Waals surface area (Å²) in [5.74, 6) is 1.24. The van der Waals surface area contributed by atoms with Gasteiger partial charge in [-0.2, -0.15) is 0 Å². The van der Waals surface area contributed by atoms with E-state index in [9.17, 15) is 10.1 Å². The van der Waals surface area contributed by atoms with Crippen molar-refractivity contribution >= 4 is 18.1 Å². The van der Waals surface area contributed by atoms with Gasteiger partial charge < -0.3 is 10.1 Å². The van der Waals surface area contributed by atoms with Crippen LogP contribution in [0.3, 0.4) is 0 Å². The van der Waals surface area contributed by atoms with Crippen molar-refractivity contribution in [3.05, 3.63) is 34.4 Å². The normalized spacial score (nSPS) is 18.8. The Labute approximate surface area is 112 Å². The molecule has 2 rings (SSSR count). The standard InChI is InChI=1S/C12H16N2O3.ClH/c15-14(16)11-3-5-12(6-4-11)17-9-10-2-1-7-13-8-10;/h3-6,10,13H,1-2,7-9H2;1H. The van der Waals surface area contributed by atoms with Crippen LogP contribution in [0.2, 0.25) is 0 Å². The number of halogens is 1. The average molecular weight is 273 g/mol. The van der Waals surface area contributed by atoms with E-state index in [1.807, 2.05) is 0 Å². The fourth-order valence-corrected chi connectivity index (χ4v) is 1.94. The molecule has 1 aromatic carbocycles. The summed E-state index contributed by atoms with van der Waals surface area (Å²) in [6, 6.07) is 6.23. The molecule has 0 aromatic heterocycles. The molecule has 0 spiro atoms. The van der Waals surface area contributed by atoms with E-state index >= 15 is 0 Å². The Morgan fingerprint density at radius 1 is 1.39 bits per heavy atom. The predicted molar refractivity (Wildman–Crippen MR) is 71.4 cm³/mol. The highest BCUT2D eigenvalue weighted by Gasteiger charge is 2.13. The van der Waals surface area contributed by atoms with Gasteiger partial charge in [-0.15, -0.1) is 12.4 Å². The molecular weight excluding hydrogens is 256 g/mol. The number of ether oxygens (including phenoxy) is 1. The zero-order chi connectivity index (χ0) is 12.1. The maximum atomic E-state index is 10.5. The van der Waals surface area contributed by atoms with Crippen LogP contribution in [-0.2, 0) is 0 Å². The Morgan fingerprint density at radius 2 is 2.11 bits per heavy atom. The predicted octanol–water partition coefficient (Wildman–Crippen LogP) is 2.40. The molecule has 1 heterocycles. The van der Waals surface area contributed by atoms with Gasteiger partial charge in [-0.3, -0.25) is 10.1 Å². The smallest absolute Gasteiger partial charge is 0.269 e. The summed E-state index contributed by atoms with van der Waals surface area (Å²) in [7, 11) is 0. The van der Waals surface area contributed by atoms with Crippen LogP contribution in [0.15, 0.2) is 24.3 Å². The molecule has 1 saturated heterocycles. The minimum atomic E-state index is -0.408. The van der Waals surface area contributed by atoms with Crippen LogP contribution in [0.4, 0.5) is 5.69 Å². The van der Waals surface area contributed by atoms with Gasteiger partial charge in [0.15, 0.2) is 0 Å². The minimum Gasteiger partial charge on any atom is -0.493 e. The lowest BCUT2D eigenvalue weighted by atomic mass is 10.0. The molecule has 0 aliphatic carbocycles. The number of hydrogen-bond acceptors (Lipinski definition) is 4. The first-order valence-electron chi connectivity index (χ1n) is 5.83. The van der Waals surface area contributed by atoms with Crippen molar-refractivity contribution < 1.29 is 9.66 Å². The van der Waals surface area contributed by atoms with Crippen molar-refractivity contribution in [1.29, 1.82) is 0 Å². The molecule has 6 heteroatoms. The molecule has 1 aliphatic heterocycles. The van der Waals surface area contributed by atoms with Crippen LogP contribution in [0, 0.1) is 16.0 Å². The first kappa shape index (κ1) is 14.7. The van der Waals surface area contributed by atoms with Crippen LogP contribution >= 0.6 is 12.4 Å². The number of nitrogens with zero attached hydrogens (tertiary/aromatic N) is 1. The van der Waals surface area contributed by atoms with Gasteiger partial charge in [-0.1, -0.05) is 0 Å². The Morgan fingerprint density at radius 3 is 2.67 bits per heavy atom. The highest BCUT2D eigenvalue weighted by molar-refractivity contribution is 5.85. The van der Waals surface area contributed by atoms with E-state index in [2.05, 4.69) is 5.32 Å². The maximum absolute atomic E-state index is 10.5. The monoisotopic (exact) mass is 272 g/mol. The highest BCUT2D eigenvalue weighted by Crippen LogP contribution is 2.19. The zero-order valence-electron chi connectivity index (χ0n) is 10.0. The van der Waals surface area contributed by atoms with Gasteiger partial charge in [0.25, 0.3) is 5.69 Å². The summed E-state index contributed by atoms with van der Waals surface area (Å²) in [6.45, 7) is 2.76. The van der Waals surface area contributed by atoms with E-state index in [1.54, 1.807) is 12.1 Å². The SMILES string of the molecule is Cl.O=[N+]([O-])c1ccc(OCC2CCCNC2)cc1. The largest absolute Gasteiger partial charge is 0.493 e. The van der Waals surface area contributed by atoms with Gasteiger partial charge in [0.05, 0.1) is 11.5 Å². The van der Waals surface area contributed by atoms with E-state index in [0.717, 1.165) is 13.1 Å². The fourth-order valence-electron chi connectivity index (χ4n) is 1.94. The first-order valence-corrected chi connectivity index (χ1v) is 5.83. The van der Waals surface area contributed by atoms with Crippen LogP contribution in [-0.4, -0.2) is 24.6 Å². The molecule has 0 radical (unpaired) electrons. The average Bonchev–Trinajstić information content (AvgIpc) is 2.38. The van der Waals surface area contributed by atoms with Crippen molar-refractivity contribution in [2.75, 3.05) is 19.7 Å². The number of hydrogen-bond donors (Lipinski definition) is 1. The van der Waals surface area contributed by atoms with Crippen LogP contribution in [0.25, 0.3) is 0 Å². The number of nitrogens with one attached hydrogen (secondary N) is 1. The third kappa shape index (κ3) is 4.16. The van der Waals surface area contributed by atoms with Gasteiger partial charge in [0.1, 0.15) is 5.75 Å². The number of nitro groups is 1. The second-order valence-corrected chi connectivity index (χ2v) is 4.27. The third-order valence-corrected chi connectivity index (χ3v) is 2.93. The zero-order valence-corrected chi connectivity index (χ0v) is 10.8. The van der Waals surface area contributed by atoms with Crippen LogP contribution in [0.1, 0.15) is 12.8 Å². The summed E-state index contributed by atoms with van der Waals surface area (Å²) in [4.78, 5) is 10.1. The fraction of sp³-hybridized carbons (Fsp3) is 0.500. The van der Waals surface area contributed by atoms with Crippen molar-refractivity contribution in [3.8, 4) is 5.75 Å². The molecule has 1 aromatic rings. The molecule has 0 bridgehead atoms. The Balaban J connectivity index is 0.00000162. The van der Waals surface area contributed by atoms with Gasteiger partial charge >= 0.3 is 0 Å². The molecule has 1 N–H and O–H groups in total. The van der Waals surface area contributed by atoms with E-state index in [4.69, 9.17) is 4.74 Å². The maximum Gasteiger partial charge on any atom is 0.269 e. The molecule has 1 aliphatic rings. The highest BCUT2D eigenvalue weighted by atomic mass is 35.5. The lowest BCUT2D eigenvalue weighted by Gasteiger charge is -2.22. The van der Waals surface area contributed by atoms with E-state index in [0.29, 0.717) is 18.3 Å². The second kappa shape index (κ2) is 7.18. The lowest BCUT2D eigenvalue weighted by molar-refractivity contribution is -0.384. The van der Waals surface area contributed by atoms with Crippen LogP contribution in [0.5, 0.6) is 5.75 Å². The quantitative estimate of drug-likeness (QED) is 0.675. The molecule has 0 saturated carbocycles. The molecule has 5 nitrogen and oxygen atoms in total. The van der Waals surface area contributed by atoms with E-state index in [-0.39, 0.29) is 18.1 Å². The number of piperidine rings is 1. The topological polar surface area (TPSA) is 64.4 Å². The molecule has 1 fully saturated rings. The molecule has 100 valence electrons. The molecule has 1 unspecified atom stereocenters. The van der Waals surface area contributed by atoms with E-state index < -0.39 is 4.92 Å². The Kier molecular flexibility index (Phi) is 5.88. The van der Waals surface area contributed by atoms with Crippen molar-refractivity contribution in [2.24, 2.45) is 5.92 Å². The van der Waals surface area contributed by atoms with E-state index in [1.165, 1.54) is 25.0 Å². The molecule has 1 atom stereocenters.